The molecule has 3 nitrogen and oxygen atoms in total. The molecule has 3 heteroatoms. The molecule has 0 fully saturated rings. The van der Waals surface area contributed by atoms with Crippen molar-refractivity contribution in [2.75, 3.05) is 20.1 Å². The molecule has 0 aliphatic rings. The zero-order valence-electron chi connectivity index (χ0n) is 11.6. The molecule has 1 atom stereocenters. The summed E-state index contributed by atoms with van der Waals surface area (Å²) in [5.74, 6) is 2.03. The number of nitrogens with zero attached hydrogens (tertiary/aromatic N) is 1. The highest BCUT2D eigenvalue weighted by atomic mass is 16.3. The van der Waals surface area contributed by atoms with Crippen LogP contribution < -0.4 is 5.32 Å². The van der Waals surface area contributed by atoms with Crippen LogP contribution in [0.1, 0.15) is 38.2 Å². The minimum absolute atomic E-state index is 0.525. The molecule has 17 heavy (non-hydrogen) atoms. The number of likely N-dealkylation sites (N-methyl/N-ethyl adjacent to an activating group) is 1. The Kier molecular flexibility index (Phi) is 6.30. The van der Waals surface area contributed by atoms with Gasteiger partial charge in [-0.2, -0.15) is 0 Å². The van der Waals surface area contributed by atoms with Gasteiger partial charge in [-0.1, -0.05) is 13.3 Å². The number of hydrogen-bond donors (Lipinski definition) is 1. The van der Waals surface area contributed by atoms with E-state index in [4.69, 9.17) is 4.42 Å². The maximum absolute atomic E-state index is 5.59. The fraction of sp³-hybridized carbons (Fsp3) is 0.714. The van der Waals surface area contributed by atoms with E-state index in [-0.39, 0.29) is 0 Å². The first-order valence-corrected chi connectivity index (χ1v) is 6.59. The van der Waals surface area contributed by atoms with Crippen LogP contribution in [0.4, 0.5) is 0 Å². The van der Waals surface area contributed by atoms with E-state index in [2.05, 4.69) is 37.2 Å². The van der Waals surface area contributed by atoms with Gasteiger partial charge in [0.1, 0.15) is 11.5 Å². The highest BCUT2D eigenvalue weighted by Gasteiger charge is 2.10. The summed E-state index contributed by atoms with van der Waals surface area (Å²) in [6, 6.07) is 4.61. The Labute approximate surface area is 105 Å². The highest BCUT2D eigenvalue weighted by Crippen LogP contribution is 2.10. The average Bonchev–Trinajstić information content (AvgIpc) is 2.70. The van der Waals surface area contributed by atoms with Crippen molar-refractivity contribution in [2.24, 2.45) is 0 Å². The maximum Gasteiger partial charge on any atom is 0.118 e. The summed E-state index contributed by atoms with van der Waals surface area (Å²) in [6.45, 7) is 9.49. The molecule has 1 N–H and O–H groups in total. The Morgan fingerprint density at radius 1 is 1.41 bits per heavy atom. The molecular weight excluding hydrogens is 212 g/mol. The van der Waals surface area contributed by atoms with Gasteiger partial charge in [-0.15, -0.1) is 0 Å². The normalized spacial score (nSPS) is 13.2. The summed E-state index contributed by atoms with van der Waals surface area (Å²) in [5, 5.41) is 3.49. The largest absolute Gasteiger partial charge is 0.465 e. The molecule has 0 saturated carbocycles. The molecule has 1 unspecified atom stereocenters. The van der Waals surface area contributed by atoms with Crippen LogP contribution in [0.3, 0.4) is 0 Å². The van der Waals surface area contributed by atoms with Crippen LogP contribution in [0.2, 0.25) is 0 Å². The second-order valence-corrected chi connectivity index (χ2v) is 4.83. The van der Waals surface area contributed by atoms with E-state index in [0.717, 1.165) is 31.2 Å². The monoisotopic (exact) mass is 238 g/mol. The van der Waals surface area contributed by atoms with Gasteiger partial charge in [0.25, 0.3) is 0 Å². The SMILES string of the molecule is CCCCNCC(C)N(C)Cc1ccc(C)o1. The van der Waals surface area contributed by atoms with Crippen molar-refractivity contribution < 1.29 is 4.42 Å². The summed E-state index contributed by atoms with van der Waals surface area (Å²) >= 11 is 0. The number of rotatable bonds is 8. The third-order valence-corrected chi connectivity index (χ3v) is 3.10. The van der Waals surface area contributed by atoms with Crippen molar-refractivity contribution in [2.45, 2.75) is 46.2 Å². The van der Waals surface area contributed by atoms with Crippen molar-refractivity contribution in [1.82, 2.24) is 10.2 Å². The summed E-state index contributed by atoms with van der Waals surface area (Å²) in [6.07, 6.45) is 2.51. The van der Waals surface area contributed by atoms with Crippen LogP contribution in [0.25, 0.3) is 0 Å². The first kappa shape index (κ1) is 14.3. The Hall–Kier alpha value is -0.800. The smallest absolute Gasteiger partial charge is 0.118 e. The average molecular weight is 238 g/mol. The third-order valence-electron chi connectivity index (χ3n) is 3.10. The Morgan fingerprint density at radius 2 is 2.18 bits per heavy atom. The second kappa shape index (κ2) is 7.51. The van der Waals surface area contributed by atoms with Gasteiger partial charge in [-0.05, 0) is 46.0 Å². The van der Waals surface area contributed by atoms with Gasteiger partial charge < -0.3 is 9.73 Å². The van der Waals surface area contributed by atoms with E-state index >= 15 is 0 Å². The number of aryl methyl sites for hydroxylation is 1. The summed E-state index contributed by atoms with van der Waals surface area (Å²) in [4.78, 5) is 2.32. The van der Waals surface area contributed by atoms with E-state index in [1.165, 1.54) is 12.8 Å². The number of nitrogens with one attached hydrogen (secondary N) is 1. The Balaban J connectivity index is 2.24. The van der Waals surface area contributed by atoms with Crippen LogP contribution in [0.5, 0.6) is 0 Å². The predicted octanol–water partition coefficient (Wildman–Crippen LogP) is 2.80. The number of hydrogen-bond acceptors (Lipinski definition) is 3. The fourth-order valence-corrected chi connectivity index (χ4v) is 1.74. The molecule has 0 saturated heterocycles. The molecule has 0 aliphatic carbocycles. The Morgan fingerprint density at radius 3 is 2.76 bits per heavy atom. The lowest BCUT2D eigenvalue weighted by Crippen LogP contribution is -2.37. The van der Waals surface area contributed by atoms with Gasteiger partial charge in [0.15, 0.2) is 0 Å². The zero-order chi connectivity index (χ0) is 12.7. The van der Waals surface area contributed by atoms with E-state index in [9.17, 15) is 0 Å². The highest BCUT2D eigenvalue weighted by molar-refractivity contribution is 5.05. The lowest BCUT2D eigenvalue weighted by atomic mass is 10.2. The fourth-order valence-electron chi connectivity index (χ4n) is 1.74. The van der Waals surface area contributed by atoms with E-state index in [0.29, 0.717) is 6.04 Å². The van der Waals surface area contributed by atoms with E-state index in [1.54, 1.807) is 0 Å². The summed E-state index contributed by atoms with van der Waals surface area (Å²) < 4.78 is 5.59. The van der Waals surface area contributed by atoms with Crippen molar-refractivity contribution >= 4 is 0 Å². The molecule has 0 aliphatic heterocycles. The number of furan rings is 1. The van der Waals surface area contributed by atoms with Gasteiger partial charge in [-0.3, -0.25) is 4.90 Å². The van der Waals surface area contributed by atoms with Crippen molar-refractivity contribution in [3.63, 3.8) is 0 Å². The molecule has 0 radical (unpaired) electrons. The van der Waals surface area contributed by atoms with E-state index < -0.39 is 0 Å². The predicted molar refractivity (Wildman–Crippen MR) is 72.2 cm³/mol. The molecule has 0 aromatic carbocycles. The molecule has 1 heterocycles. The quantitative estimate of drug-likeness (QED) is 0.706. The van der Waals surface area contributed by atoms with Crippen LogP contribution >= 0.6 is 0 Å². The van der Waals surface area contributed by atoms with Crippen LogP contribution in [-0.4, -0.2) is 31.1 Å². The second-order valence-electron chi connectivity index (χ2n) is 4.83. The van der Waals surface area contributed by atoms with Gasteiger partial charge in [0, 0.05) is 12.6 Å². The lowest BCUT2D eigenvalue weighted by molar-refractivity contribution is 0.223. The third kappa shape index (κ3) is 5.37. The van der Waals surface area contributed by atoms with Gasteiger partial charge in [0.2, 0.25) is 0 Å². The Bertz CT molecular complexity index is 309. The van der Waals surface area contributed by atoms with Crippen molar-refractivity contribution in [3.8, 4) is 0 Å². The molecule has 1 aromatic heterocycles. The molecule has 1 rings (SSSR count). The maximum atomic E-state index is 5.59. The minimum atomic E-state index is 0.525. The van der Waals surface area contributed by atoms with E-state index in [1.807, 2.05) is 13.0 Å². The van der Waals surface area contributed by atoms with Crippen LogP contribution in [-0.2, 0) is 6.54 Å². The van der Waals surface area contributed by atoms with Gasteiger partial charge >= 0.3 is 0 Å². The first-order chi connectivity index (χ1) is 8.13. The molecule has 98 valence electrons. The lowest BCUT2D eigenvalue weighted by Gasteiger charge is -2.24. The minimum Gasteiger partial charge on any atom is -0.465 e. The van der Waals surface area contributed by atoms with Crippen LogP contribution in [0, 0.1) is 6.92 Å². The zero-order valence-corrected chi connectivity index (χ0v) is 11.6. The molecule has 0 bridgehead atoms. The molecule has 0 amide bonds. The van der Waals surface area contributed by atoms with Crippen molar-refractivity contribution in [3.05, 3.63) is 23.7 Å². The van der Waals surface area contributed by atoms with Gasteiger partial charge in [-0.25, -0.2) is 0 Å². The molecule has 0 spiro atoms. The first-order valence-electron chi connectivity index (χ1n) is 6.59. The molecular formula is C14H26N2O. The standard InChI is InChI=1S/C14H26N2O/c1-5-6-9-15-10-12(2)16(4)11-14-8-7-13(3)17-14/h7-8,12,15H,5-6,9-11H2,1-4H3. The topological polar surface area (TPSA) is 28.4 Å². The number of unbranched alkanes of at least 4 members (excludes halogenated alkanes) is 1. The summed E-state index contributed by atoms with van der Waals surface area (Å²) in [5.41, 5.74) is 0. The van der Waals surface area contributed by atoms with Gasteiger partial charge in [0.05, 0.1) is 6.54 Å². The van der Waals surface area contributed by atoms with Crippen LogP contribution in [0.15, 0.2) is 16.5 Å². The summed E-state index contributed by atoms with van der Waals surface area (Å²) in [7, 11) is 2.14. The molecule has 1 aromatic rings. The van der Waals surface area contributed by atoms with Crippen molar-refractivity contribution in [1.29, 1.82) is 0 Å².